The van der Waals surface area contributed by atoms with Crippen LogP contribution in [0.2, 0.25) is 0 Å². The first-order chi connectivity index (χ1) is 9.13. The Morgan fingerprint density at radius 1 is 1.42 bits per heavy atom. The summed E-state index contributed by atoms with van der Waals surface area (Å²) in [7, 11) is 0. The maximum atomic E-state index is 11.7. The summed E-state index contributed by atoms with van der Waals surface area (Å²) in [5.41, 5.74) is 8.08. The van der Waals surface area contributed by atoms with Crippen molar-refractivity contribution in [1.29, 1.82) is 0 Å². The van der Waals surface area contributed by atoms with Crippen molar-refractivity contribution in [3.8, 4) is 0 Å². The first-order valence-corrected chi connectivity index (χ1v) is 6.67. The van der Waals surface area contributed by atoms with Crippen LogP contribution in [0.4, 0.5) is 11.4 Å². The lowest BCUT2D eigenvalue weighted by Crippen LogP contribution is -2.26. The van der Waals surface area contributed by atoms with Gasteiger partial charge in [-0.2, -0.15) is 0 Å². The number of benzene rings is 1. The molecule has 0 aliphatic carbocycles. The second-order valence-electron chi connectivity index (χ2n) is 4.29. The van der Waals surface area contributed by atoms with Crippen LogP contribution < -0.4 is 16.0 Å². The number of nitrogens with zero attached hydrogens (tertiary/aromatic N) is 1. The number of carbonyl (C=O) groups is 1. The summed E-state index contributed by atoms with van der Waals surface area (Å²) >= 11 is 0. The summed E-state index contributed by atoms with van der Waals surface area (Å²) in [5.74, 6) is -0.112. The second kappa shape index (κ2) is 7.63. The Hall–Kier alpha value is -1.75. The van der Waals surface area contributed by atoms with E-state index in [0.29, 0.717) is 24.2 Å². The van der Waals surface area contributed by atoms with Crippen LogP contribution in [0.15, 0.2) is 18.2 Å². The van der Waals surface area contributed by atoms with Crippen LogP contribution >= 0.6 is 0 Å². The molecule has 1 rings (SSSR count). The number of hydrogen-bond acceptors (Lipinski definition) is 4. The van der Waals surface area contributed by atoms with E-state index >= 15 is 0 Å². The zero-order valence-corrected chi connectivity index (χ0v) is 11.6. The zero-order valence-electron chi connectivity index (χ0n) is 11.6. The molecule has 4 N–H and O–H groups in total. The van der Waals surface area contributed by atoms with E-state index in [1.54, 1.807) is 12.1 Å². The maximum Gasteiger partial charge on any atom is 0.251 e. The summed E-state index contributed by atoms with van der Waals surface area (Å²) in [4.78, 5) is 13.8. The van der Waals surface area contributed by atoms with Crippen molar-refractivity contribution in [2.45, 2.75) is 20.3 Å². The average molecular weight is 265 g/mol. The summed E-state index contributed by atoms with van der Waals surface area (Å²) in [5, 5.41) is 11.6. The van der Waals surface area contributed by atoms with Crippen LogP contribution in [0.1, 0.15) is 30.6 Å². The first kappa shape index (κ1) is 15.3. The predicted octanol–water partition coefficient (Wildman–Crippen LogP) is 1.23. The van der Waals surface area contributed by atoms with E-state index in [-0.39, 0.29) is 12.5 Å². The lowest BCUT2D eigenvalue weighted by Gasteiger charge is -2.24. The van der Waals surface area contributed by atoms with Gasteiger partial charge in [0.15, 0.2) is 0 Å². The Morgan fingerprint density at radius 3 is 2.68 bits per heavy atom. The molecule has 106 valence electrons. The summed E-state index contributed by atoms with van der Waals surface area (Å²) < 4.78 is 0. The van der Waals surface area contributed by atoms with E-state index in [2.05, 4.69) is 10.2 Å². The van der Waals surface area contributed by atoms with Crippen molar-refractivity contribution in [2.75, 3.05) is 36.9 Å². The highest BCUT2D eigenvalue weighted by atomic mass is 16.3. The van der Waals surface area contributed by atoms with Crippen LogP contribution in [0.3, 0.4) is 0 Å². The monoisotopic (exact) mass is 265 g/mol. The van der Waals surface area contributed by atoms with Gasteiger partial charge in [0.1, 0.15) is 0 Å². The van der Waals surface area contributed by atoms with Gasteiger partial charge in [0.2, 0.25) is 0 Å². The van der Waals surface area contributed by atoms with Gasteiger partial charge >= 0.3 is 0 Å². The Balaban J connectivity index is 2.89. The van der Waals surface area contributed by atoms with Crippen molar-refractivity contribution < 1.29 is 9.90 Å². The van der Waals surface area contributed by atoms with Crippen molar-refractivity contribution in [2.24, 2.45) is 0 Å². The van der Waals surface area contributed by atoms with Gasteiger partial charge in [-0.05, 0) is 38.5 Å². The van der Waals surface area contributed by atoms with Gasteiger partial charge in [-0.3, -0.25) is 4.79 Å². The highest BCUT2D eigenvalue weighted by Gasteiger charge is 2.11. The van der Waals surface area contributed by atoms with Crippen molar-refractivity contribution in [3.63, 3.8) is 0 Å². The van der Waals surface area contributed by atoms with Crippen LogP contribution in [0, 0.1) is 0 Å². The molecule has 0 unspecified atom stereocenters. The lowest BCUT2D eigenvalue weighted by molar-refractivity contribution is 0.0956. The summed E-state index contributed by atoms with van der Waals surface area (Å²) in [6, 6.07) is 5.33. The number of carbonyl (C=O) groups excluding carboxylic acids is 1. The third-order valence-electron chi connectivity index (χ3n) is 2.94. The molecule has 1 aromatic carbocycles. The second-order valence-corrected chi connectivity index (χ2v) is 4.29. The van der Waals surface area contributed by atoms with Gasteiger partial charge in [-0.15, -0.1) is 0 Å². The maximum absolute atomic E-state index is 11.7. The van der Waals surface area contributed by atoms with E-state index in [1.165, 1.54) is 0 Å². The Morgan fingerprint density at radius 2 is 2.16 bits per heavy atom. The fourth-order valence-corrected chi connectivity index (χ4v) is 1.96. The quantitative estimate of drug-likeness (QED) is 0.648. The number of nitrogens with two attached hydrogens (primary N) is 1. The fraction of sp³-hybridized carbons (Fsp3) is 0.500. The third-order valence-corrected chi connectivity index (χ3v) is 2.94. The van der Waals surface area contributed by atoms with Crippen LogP contribution in [0.25, 0.3) is 0 Å². The topological polar surface area (TPSA) is 78.6 Å². The van der Waals surface area contributed by atoms with E-state index in [9.17, 15) is 4.79 Å². The van der Waals surface area contributed by atoms with Crippen molar-refractivity contribution in [1.82, 2.24) is 5.32 Å². The highest BCUT2D eigenvalue weighted by Crippen LogP contribution is 2.24. The van der Waals surface area contributed by atoms with Crippen molar-refractivity contribution >= 4 is 17.3 Å². The highest BCUT2D eigenvalue weighted by molar-refractivity contribution is 5.96. The molecule has 0 aromatic heterocycles. The third kappa shape index (κ3) is 4.13. The SMILES string of the molecule is CCNC(=O)c1ccc(N(CC)CCCO)c(N)c1. The molecule has 0 bridgehead atoms. The van der Waals surface area contributed by atoms with E-state index in [4.69, 9.17) is 10.8 Å². The number of rotatable bonds is 7. The number of nitrogen functional groups attached to an aromatic ring is 1. The zero-order chi connectivity index (χ0) is 14.3. The molecule has 19 heavy (non-hydrogen) atoms. The standard InChI is InChI=1S/C14H23N3O2/c1-3-16-14(19)11-6-7-13(12(15)10-11)17(4-2)8-5-9-18/h6-7,10,18H,3-5,8-9,15H2,1-2H3,(H,16,19). The van der Waals surface area contributed by atoms with Gasteiger partial charge in [0.05, 0.1) is 11.4 Å². The molecule has 5 heteroatoms. The van der Waals surface area contributed by atoms with Crippen LogP contribution in [-0.4, -0.2) is 37.3 Å². The number of aliphatic hydroxyl groups excluding tert-OH is 1. The van der Waals surface area contributed by atoms with E-state index in [1.807, 2.05) is 19.9 Å². The minimum Gasteiger partial charge on any atom is -0.397 e. The molecule has 0 radical (unpaired) electrons. The molecule has 0 saturated carbocycles. The minimum absolute atomic E-state index is 0.112. The molecule has 5 nitrogen and oxygen atoms in total. The molecule has 0 saturated heterocycles. The summed E-state index contributed by atoms with van der Waals surface area (Å²) in [6.07, 6.45) is 0.700. The average Bonchev–Trinajstić information content (AvgIpc) is 2.41. The first-order valence-electron chi connectivity index (χ1n) is 6.67. The van der Waals surface area contributed by atoms with Gasteiger partial charge < -0.3 is 21.1 Å². The molecule has 1 aromatic rings. The number of hydrogen-bond donors (Lipinski definition) is 3. The molecular weight excluding hydrogens is 242 g/mol. The Kier molecular flexibility index (Phi) is 6.15. The molecule has 0 aliphatic heterocycles. The number of amides is 1. The van der Waals surface area contributed by atoms with Gasteiger partial charge in [0, 0.05) is 31.8 Å². The molecule has 1 amide bonds. The smallest absolute Gasteiger partial charge is 0.251 e. The molecule has 0 fully saturated rings. The molecule has 0 aliphatic rings. The van der Waals surface area contributed by atoms with Crippen LogP contribution in [0.5, 0.6) is 0 Å². The van der Waals surface area contributed by atoms with Crippen molar-refractivity contribution in [3.05, 3.63) is 23.8 Å². The normalized spacial score (nSPS) is 10.3. The van der Waals surface area contributed by atoms with Gasteiger partial charge in [0.25, 0.3) is 5.91 Å². The molecular formula is C14H23N3O2. The Bertz CT molecular complexity index is 421. The van der Waals surface area contributed by atoms with Gasteiger partial charge in [-0.25, -0.2) is 0 Å². The number of anilines is 2. The molecule has 0 atom stereocenters. The summed E-state index contributed by atoms with van der Waals surface area (Å²) in [6.45, 7) is 6.23. The fourth-order valence-electron chi connectivity index (χ4n) is 1.96. The van der Waals surface area contributed by atoms with E-state index in [0.717, 1.165) is 18.8 Å². The molecule has 0 heterocycles. The van der Waals surface area contributed by atoms with Gasteiger partial charge in [-0.1, -0.05) is 0 Å². The predicted molar refractivity (Wildman–Crippen MR) is 78.5 cm³/mol. The molecule has 0 spiro atoms. The lowest BCUT2D eigenvalue weighted by atomic mass is 10.1. The Labute approximate surface area is 114 Å². The van der Waals surface area contributed by atoms with Crippen LogP contribution in [-0.2, 0) is 0 Å². The number of aliphatic hydroxyl groups is 1. The largest absolute Gasteiger partial charge is 0.397 e. The number of nitrogens with one attached hydrogen (secondary N) is 1. The minimum atomic E-state index is -0.112. The van der Waals surface area contributed by atoms with E-state index < -0.39 is 0 Å².